The van der Waals surface area contributed by atoms with Gasteiger partial charge in [-0.15, -0.1) is 0 Å². The molecule has 3 aliphatic rings. The second kappa shape index (κ2) is 11.3. The van der Waals surface area contributed by atoms with Crippen LogP contribution in [-0.4, -0.2) is 61.3 Å². The van der Waals surface area contributed by atoms with E-state index in [1.807, 2.05) is 4.90 Å². The zero-order valence-corrected chi connectivity index (χ0v) is 21.4. The highest BCUT2D eigenvalue weighted by molar-refractivity contribution is 6.12. The van der Waals surface area contributed by atoms with E-state index in [9.17, 15) is 18.0 Å². The van der Waals surface area contributed by atoms with Crippen LogP contribution in [0.4, 0.5) is 19.0 Å². The van der Waals surface area contributed by atoms with Crippen LogP contribution >= 0.6 is 0 Å². The van der Waals surface area contributed by atoms with Gasteiger partial charge in [-0.25, -0.2) is 14.2 Å². The van der Waals surface area contributed by atoms with Gasteiger partial charge in [0.05, 0.1) is 31.1 Å². The number of carboxylic acids is 1. The number of fused-ring (bicyclic) bond motifs is 1. The summed E-state index contributed by atoms with van der Waals surface area (Å²) in [5.74, 6) is -0.472. The van der Waals surface area contributed by atoms with Crippen LogP contribution in [0, 0.1) is 29.0 Å². The lowest BCUT2D eigenvalue weighted by molar-refractivity contribution is -0.0499. The Bertz CT molecular complexity index is 1270. The third-order valence-corrected chi connectivity index (χ3v) is 7.68. The molecule has 3 fully saturated rings. The number of halogens is 3. The molecule has 5 rings (SSSR count). The predicted octanol–water partition coefficient (Wildman–Crippen LogP) is 5.13. The van der Waals surface area contributed by atoms with Crippen molar-refractivity contribution in [3.8, 4) is 5.75 Å². The van der Waals surface area contributed by atoms with Gasteiger partial charge in [-0.3, -0.25) is 5.41 Å². The van der Waals surface area contributed by atoms with Crippen molar-refractivity contribution in [2.24, 2.45) is 17.8 Å². The van der Waals surface area contributed by atoms with Crippen LogP contribution in [0.5, 0.6) is 5.75 Å². The molecule has 2 N–H and O–H groups in total. The summed E-state index contributed by atoms with van der Waals surface area (Å²) in [4.78, 5) is 17.0. The molecule has 2 heterocycles. The van der Waals surface area contributed by atoms with Crippen molar-refractivity contribution in [2.45, 2.75) is 38.4 Å². The summed E-state index contributed by atoms with van der Waals surface area (Å²) in [5.41, 5.74) is 0.608. The van der Waals surface area contributed by atoms with Crippen molar-refractivity contribution in [2.75, 3.05) is 31.7 Å². The Morgan fingerprint density at radius 1 is 1.21 bits per heavy atom. The van der Waals surface area contributed by atoms with Gasteiger partial charge in [0.25, 0.3) is 0 Å². The first-order valence-electron chi connectivity index (χ1n) is 12.9. The van der Waals surface area contributed by atoms with Crippen LogP contribution in [0.3, 0.4) is 0 Å². The predicted molar refractivity (Wildman–Crippen MR) is 136 cm³/mol. The highest BCUT2D eigenvalue weighted by atomic mass is 19.3. The summed E-state index contributed by atoms with van der Waals surface area (Å²) in [7, 11) is 1.55. The lowest BCUT2D eigenvalue weighted by Crippen LogP contribution is -2.26. The monoisotopic (exact) mass is 545 g/mol. The Labute approximate surface area is 223 Å². The van der Waals surface area contributed by atoms with E-state index in [0.717, 1.165) is 31.7 Å². The quantitative estimate of drug-likeness (QED) is 0.298. The third-order valence-electron chi connectivity index (χ3n) is 7.68. The number of carboxylic acid groups (broad SMARTS) is 1. The van der Waals surface area contributed by atoms with Gasteiger partial charge in [-0.2, -0.15) is 8.78 Å². The van der Waals surface area contributed by atoms with Gasteiger partial charge >= 0.3 is 12.6 Å². The van der Waals surface area contributed by atoms with E-state index in [0.29, 0.717) is 24.4 Å². The number of anilines is 1. The van der Waals surface area contributed by atoms with E-state index in [1.165, 1.54) is 12.3 Å². The average Bonchev–Trinajstić information content (AvgIpc) is 3.55. The maximum absolute atomic E-state index is 14.5. The Morgan fingerprint density at radius 2 is 1.90 bits per heavy atom. The number of para-hydroxylation sites is 1. The summed E-state index contributed by atoms with van der Waals surface area (Å²) in [6, 6.07) is 7.22. The zero-order valence-electron chi connectivity index (χ0n) is 21.4. The molecular weight excluding hydrogens is 515 g/mol. The zero-order chi connectivity index (χ0) is 27.7. The van der Waals surface area contributed by atoms with Crippen molar-refractivity contribution in [3.05, 3.63) is 64.8 Å². The molecule has 0 spiro atoms. The SMILES string of the molecule is CO/C(=C(/COC1C[C@@H]2CN(c3ncc(C(=O)O)cc3F)C[C@@H]2C1)C(=N)c1ccccc1OC(F)F)C1CC1. The number of hydrogen-bond acceptors (Lipinski definition) is 7. The molecule has 8 nitrogen and oxygen atoms in total. The molecule has 2 aromatic rings. The minimum absolute atomic E-state index is 0.0331. The fourth-order valence-corrected chi connectivity index (χ4v) is 5.72. The number of methoxy groups -OCH3 is 1. The fraction of sp³-hybridized carbons (Fsp3) is 0.464. The maximum Gasteiger partial charge on any atom is 0.387 e. The number of benzene rings is 1. The number of rotatable bonds is 11. The first-order chi connectivity index (χ1) is 18.7. The molecule has 0 bridgehead atoms. The lowest BCUT2D eigenvalue weighted by atomic mass is 9.99. The number of carbonyl (C=O) groups is 1. The molecule has 1 aromatic heterocycles. The van der Waals surface area contributed by atoms with Gasteiger partial charge in [0.15, 0.2) is 11.6 Å². The first kappa shape index (κ1) is 27.0. The van der Waals surface area contributed by atoms with Crippen molar-refractivity contribution in [3.63, 3.8) is 0 Å². The highest BCUT2D eigenvalue weighted by Gasteiger charge is 2.43. The first-order valence-corrected chi connectivity index (χ1v) is 12.9. The number of allylic oxidation sites excluding steroid dienone is 1. The van der Waals surface area contributed by atoms with E-state index in [1.54, 1.807) is 25.3 Å². The van der Waals surface area contributed by atoms with Gasteiger partial charge in [-0.1, -0.05) is 12.1 Å². The molecule has 0 radical (unpaired) electrons. The summed E-state index contributed by atoms with van der Waals surface area (Å²) >= 11 is 0. The Morgan fingerprint density at radius 3 is 2.49 bits per heavy atom. The summed E-state index contributed by atoms with van der Waals surface area (Å²) in [5, 5.41) is 17.9. The Hall–Kier alpha value is -3.60. The molecule has 2 aliphatic carbocycles. The number of aromatic carboxylic acids is 1. The highest BCUT2D eigenvalue weighted by Crippen LogP contribution is 2.43. The van der Waals surface area contributed by atoms with Gasteiger partial charge in [-0.05, 0) is 55.7 Å². The van der Waals surface area contributed by atoms with E-state index in [-0.39, 0.29) is 58.9 Å². The minimum Gasteiger partial charge on any atom is -0.500 e. The number of pyridine rings is 1. The van der Waals surface area contributed by atoms with Crippen LogP contribution in [-0.2, 0) is 9.47 Å². The van der Waals surface area contributed by atoms with Crippen LogP contribution in [0.2, 0.25) is 0 Å². The van der Waals surface area contributed by atoms with Crippen molar-refractivity contribution < 1.29 is 37.3 Å². The van der Waals surface area contributed by atoms with Crippen LogP contribution in [0.1, 0.15) is 41.6 Å². The standard InChI is InChI=1S/C28H30F3N3O5/c1-37-25(15-6-7-15)21(24(32)20-4-2-3-5-23(20)39-28(30)31)14-38-19-8-17-12-34(13-18(17)9-19)26-22(29)10-16(11-33-26)27(35)36/h2-5,10-11,15,17-19,28,32H,6-9,12-14H2,1H3,(H,35,36)/b25-21-,32-24?/t17-,18+,19?. The number of nitrogens with zero attached hydrogens (tertiary/aromatic N) is 2. The van der Waals surface area contributed by atoms with Gasteiger partial charge in [0, 0.05) is 36.3 Å². The van der Waals surface area contributed by atoms with E-state index in [2.05, 4.69) is 9.72 Å². The molecule has 2 saturated carbocycles. The number of hydrogen-bond donors (Lipinski definition) is 2. The van der Waals surface area contributed by atoms with Crippen LogP contribution in [0.15, 0.2) is 47.9 Å². The number of aromatic nitrogens is 1. The molecule has 1 aliphatic heterocycles. The average molecular weight is 546 g/mol. The number of nitrogens with one attached hydrogen (secondary N) is 1. The van der Waals surface area contributed by atoms with Crippen molar-refractivity contribution in [1.29, 1.82) is 5.41 Å². The second-order valence-electron chi connectivity index (χ2n) is 10.2. The minimum atomic E-state index is -3.01. The van der Waals surface area contributed by atoms with Crippen LogP contribution < -0.4 is 9.64 Å². The Kier molecular flexibility index (Phi) is 7.79. The smallest absolute Gasteiger partial charge is 0.387 e. The Balaban J connectivity index is 1.26. The second-order valence-corrected chi connectivity index (χ2v) is 10.2. The molecule has 1 saturated heterocycles. The van der Waals surface area contributed by atoms with Crippen molar-refractivity contribution in [1.82, 2.24) is 4.98 Å². The summed E-state index contributed by atoms with van der Waals surface area (Å²) in [6.07, 6.45) is 4.43. The number of alkyl halides is 2. The third kappa shape index (κ3) is 5.88. The molecule has 1 aromatic carbocycles. The summed E-state index contributed by atoms with van der Waals surface area (Å²) in [6.45, 7) is -1.74. The lowest BCUT2D eigenvalue weighted by Gasteiger charge is -2.22. The molecule has 39 heavy (non-hydrogen) atoms. The van der Waals surface area contributed by atoms with Gasteiger partial charge in [0.1, 0.15) is 11.5 Å². The topological polar surface area (TPSA) is 105 Å². The molecule has 3 atom stereocenters. The molecule has 1 unspecified atom stereocenters. The largest absolute Gasteiger partial charge is 0.500 e. The molecule has 11 heteroatoms. The molecular formula is C28H30F3N3O5. The van der Waals surface area contributed by atoms with E-state index >= 15 is 0 Å². The van der Waals surface area contributed by atoms with Gasteiger partial charge < -0.3 is 24.2 Å². The fourth-order valence-electron chi connectivity index (χ4n) is 5.72. The van der Waals surface area contributed by atoms with Crippen molar-refractivity contribution >= 4 is 17.5 Å². The maximum atomic E-state index is 14.5. The molecule has 0 amide bonds. The van der Waals surface area contributed by atoms with Gasteiger partial charge in [0.2, 0.25) is 0 Å². The van der Waals surface area contributed by atoms with E-state index in [4.69, 9.17) is 20.0 Å². The summed E-state index contributed by atoms with van der Waals surface area (Å²) < 4.78 is 57.2. The van der Waals surface area contributed by atoms with E-state index < -0.39 is 18.4 Å². The molecule has 208 valence electrons. The van der Waals surface area contributed by atoms with Crippen LogP contribution in [0.25, 0.3) is 0 Å². The number of ether oxygens (including phenoxy) is 3. The normalized spacial score (nSPS) is 23.0.